The van der Waals surface area contributed by atoms with E-state index in [0.29, 0.717) is 35.0 Å². The summed E-state index contributed by atoms with van der Waals surface area (Å²) in [4.78, 5) is 23.5. The first-order chi connectivity index (χ1) is 13.7. The molecule has 4 aliphatic rings. The predicted octanol–water partition coefficient (Wildman–Crippen LogP) is 5.94. The molecule has 0 aromatic rings. The number of carboxylic acids is 1. The summed E-state index contributed by atoms with van der Waals surface area (Å²) in [5.74, 6) is 2.16. The van der Waals surface area contributed by atoms with Gasteiger partial charge >= 0.3 is 5.97 Å². The van der Waals surface area contributed by atoms with Crippen LogP contribution in [0.5, 0.6) is 0 Å². The van der Waals surface area contributed by atoms with Gasteiger partial charge in [0.15, 0.2) is 0 Å². The second-order valence-electron chi connectivity index (χ2n) is 11.5. The Kier molecular flexibility index (Phi) is 5.26. The molecule has 5 heteroatoms. The number of aliphatic carboxylic acids is 1. The van der Waals surface area contributed by atoms with Crippen LogP contribution in [0, 0.1) is 50.5 Å². The van der Waals surface area contributed by atoms with E-state index in [-0.39, 0.29) is 16.8 Å². The van der Waals surface area contributed by atoms with E-state index in [1.54, 1.807) is 0 Å². The second-order valence-corrected chi connectivity index (χ2v) is 11.5. The predicted molar refractivity (Wildman–Crippen MR) is 112 cm³/mol. The first kappa shape index (κ1) is 21.1. The Morgan fingerprint density at radius 1 is 1.07 bits per heavy atom. The highest BCUT2D eigenvalue weighted by Crippen LogP contribution is 2.69. The van der Waals surface area contributed by atoms with E-state index in [2.05, 4.69) is 20.8 Å². The number of nitro groups is 1. The van der Waals surface area contributed by atoms with Gasteiger partial charge in [-0.15, -0.1) is 0 Å². The molecule has 4 saturated carbocycles. The highest BCUT2D eigenvalue weighted by Gasteiger charge is 2.69. The van der Waals surface area contributed by atoms with Crippen molar-refractivity contribution in [2.45, 2.75) is 103 Å². The van der Waals surface area contributed by atoms with Crippen molar-refractivity contribution in [1.82, 2.24) is 0 Å². The first-order valence-corrected chi connectivity index (χ1v) is 12.0. The van der Waals surface area contributed by atoms with Crippen molar-refractivity contribution in [3.05, 3.63) is 10.1 Å². The maximum atomic E-state index is 12.3. The summed E-state index contributed by atoms with van der Waals surface area (Å²) in [7, 11) is 0. The van der Waals surface area contributed by atoms with Gasteiger partial charge < -0.3 is 5.11 Å². The highest BCUT2D eigenvalue weighted by atomic mass is 16.6. The normalized spacial score (nSPS) is 47.6. The average Bonchev–Trinajstić information content (AvgIpc) is 3.02. The lowest BCUT2D eigenvalue weighted by Crippen LogP contribution is -2.64. The zero-order chi connectivity index (χ0) is 21.0. The molecular formula is C24H39NO4. The van der Waals surface area contributed by atoms with Gasteiger partial charge in [-0.3, -0.25) is 14.9 Å². The summed E-state index contributed by atoms with van der Waals surface area (Å²) in [6, 6.07) is 0. The Labute approximate surface area is 175 Å². The van der Waals surface area contributed by atoms with Gasteiger partial charge in [-0.05, 0) is 86.4 Å². The van der Waals surface area contributed by atoms with Gasteiger partial charge in [0.1, 0.15) is 0 Å². The van der Waals surface area contributed by atoms with Gasteiger partial charge in [0.25, 0.3) is 0 Å². The zero-order valence-electron chi connectivity index (χ0n) is 18.5. The fourth-order valence-corrected chi connectivity index (χ4v) is 9.17. The molecule has 0 amide bonds. The number of rotatable bonds is 5. The molecule has 4 fully saturated rings. The van der Waals surface area contributed by atoms with Crippen molar-refractivity contribution < 1.29 is 14.8 Å². The smallest absolute Gasteiger partial charge is 0.303 e. The number of carbonyl (C=O) groups is 1. The molecule has 0 radical (unpaired) electrons. The summed E-state index contributed by atoms with van der Waals surface area (Å²) in [5.41, 5.74) is -0.544. The Bertz CT molecular complexity index is 680. The minimum atomic E-state index is -0.688. The molecule has 164 valence electrons. The number of hydrogen-bond acceptors (Lipinski definition) is 3. The maximum Gasteiger partial charge on any atom is 0.303 e. The van der Waals surface area contributed by atoms with E-state index >= 15 is 0 Å². The van der Waals surface area contributed by atoms with Gasteiger partial charge in [-0.25, -0.2) is 0 Å². The number of carboxylic acid groups (broad SMARTS) is 1. The Hall–Kier alpha value is -1.13. The number of nitrogens with zero attached hydrogens (tertiary/aromatic N) is 1. The third-order valence-electron chi connectivity index (χ3n) is 10.7. The lowest BCUT2D eigenvalue weighted by molar-refractivity contribution is -0.606. The van der Waals surface area contributed by atoms with Crippen LogP contribution in [0.4, 0.5) is 0 Å². The summed E-state index contributed by atoms with van der Waals surface area (Å²) >= 11 is 0. The van der Waals surface area contributed by atoms with Gasteiger partial charge in [0.2, 0.25) is 5.54 Å². The van der Waals surface area contributed by atoms with Crippen LogP contribution in [0.15, 0.2) is 0 Å². The van der Waals surface area contributed by atoms with Crippen LogP contribution in [-0.2, 0) is 4.79 Å². The maximum absolute atomic E-state index is 12.3. The average molecular weight is 406 g/mol. The monoisotopic (exact) mass is 405 g/mol. The standard InChI is InChI=1S/C24H39NO4/c1-16(6-9-21(26)27)18-7-8-19-17-10-15-24(25(28)29)13-5-4-12-23(24,3)20(17)11-14-22(18,19)2/h16-20H,4-15H2,1-3H3,(H,26,27)/t16-,17+,18-,19+,20+,22-,23-,24?/m1/s1. The Morgan fingerprint density at radius 2 is 1.79 bits per heavy atom. The fraction of sp³-hybridized carbons (Fsp3) is 0.958. The van der Waals surface area contributed by atoms with E-state index in [0.717, 1.165) is 51.4 Å². The van der Waals surface area contributed by atoms with Crippen LogP contribution in [0.1, 0.15) is 97.8 Å². The van der Waals surface area contributed by atoms with Crippen molar-refractivity contribution in [2.75, 3.05) is 0 Å². The summed E-state index contributed by atoms with van der Waals surface area (Å²) in [5, 5.41) is 21.4. The van der Waals surface area contributed by atoms with Crippen molar-refractivity contribution in [3.63, 3.8) is 0 Å². The fourth-order valence-electron chi connectivity index (χ4n) is 9.17. The minimum absolute atomic E-state index is 0.127. The van der Waals surface area contributed by atoms with E-state index in [1.165, 1.54) is 19.3 Å². The van der Waals surface area contributed by atoms with Gasteiger partial charge in [-0.2, -0.15) is 0 Å². The molecule has 0 saturated heterocycles. The van der Waals surface area contributed by atoms with Gasteiger partial charge in [0, 0.05) is 29.6 Å². The van der Waals surface area contributed by atoms with Crippen LogP contribution in [0.25, 0.3) is 0 Å². The van der Waals surface area contributed by atoms with E-state index in [1.807, 2.05) is 0 Å². The van der Waals surface area contributed by atoms with Crippen molar-refractivity contribution in [3.8, 4) is 0 Å². The molecule has 0 aromatic heterocycles. The lowest BCUT2D eigenvalue weighted by atomic mass is 9.42. The third-order valence-corrected chi connectivity index (χ3v) is 10.7. The summed E-state index contributed by atoms with van der Waals surface area (Å²) < 4.78 is 0. The molecule has 4 rings (SSSR count). The second kappa shape index (κ2) is 7.23. The SMILES string of the molecule is C[C@H](CCC(=O)O)[C@H]1CC[C@H]2[C@@H]3CCC4([N+](=O)[O-])CCCC[C@]4(C)[C@H]3CC[C@]12C. The molecule has 0 aromatic carbocycles. The Balaban J connectivity index is 1.58. The van der Waals surface area contributed by atoms with Crippen LogP contribution in [0.2, 0.25) is 0 Å². The van der Waals surface area contributed by atoms with Crippen LogP contribution in [0.3, 0.4) is 0 Å². The summed E-state index contributed by atoms with van der Waals surface area (Å²) in [6.45, 7) is 7.01. The number of hydrogen-bond donors (Lipinski definition) is 1. The molecule has 5 nitrogen and oxygen atoms in total. The molecule has 8 atom stereocenters. The molecule has 1 unspecified atom stereocenters. The molecule has 0 spiro atoms. The van der Waals surface area contributed by atoms with Crippen molar-refractivity contribution in [1.29, 1.82) is 0 Å². The van der Waals surface area contributed by atoms with E-state index in [4.69, 9.17) is 5.11 Å². The molecule has 0 heterocycles. The molecule has 1 N–H and O–H groups in total. The molecular weight excluding hydrogens is 366 g/mol. The highest BCUT2D eigenvalue weighted by molar-refractivity contribution is 5.66. The number of fused-ring (bicyclic) bond motifs is 5. The van der Waals surface area contributed by atoms with Gasteiger partial charge in [0.05, 0.1) is 0 Å². The minimum Gasteiger partial charge on any atom is -0.481 e. The molecule has 29 heavy (non-hydrogen) atoms. The summed E-state index contributed by atoms with van der Waals surface area (Å²) in [6.07, 6.45) is 11.5. The topological polar surface area (TPSA) is 80.4 Å². The molecule has 0 aliphatic heterocycles. The Morgan fingerprint density at radius 3 is 2.48 bits per heavy atom. The van der Waals surface area contributed by atoms with Crippen molar-refractivity contribution in [2.24, 2.45) is 40.4 Å². The van der Waals surface area contributed by atoms with Gasteiger partial charge in [-0.1, -0.05) is 27.2 Å². The van der Waals surface area contributed by atoms with E-state index in [9.17, 15) is 14.9 Å². The molecule has 0 bridgehead atoms. The third kappa shape index (κ3) is 2.96. The van der Waals surface area contributed by atoms with Crippen molar-refractivity contribution >= 4 is 5.97 Å². The molecule has 4 aliphatic carbocycles. The van der Waals surface area contributed by atoms with Crippen LogP contribution in [-0.4, -0.2) is 21.5 Å². The lowest BCUT2D eigenvalue weighted by Gasteiger charge is -2.61. The van der Waals surface area contributed by atoms with Crippen LogP contribution >= 0.6 is 0 Å². The zero-order valence-corrected chi connectivity index (χ0v) is 18.5. The largest absolute Gasteiger partial charge is 0.481 e. The van der Waals surface area contributed by atoms with E-state index < -0.39 is 11.5 Å². The quantitative estimate of drug-likeness (QED) is 0.454. The van der Waals surface area contributed by atoms with Crippen LogP contribution < -0.4 is 0 Å². The first-order valence-electron chi connectivity index (χ1n) is 12.0.